The quantitative estimate of drug-likeness (QED) is 0.119. The van der Waals surface area contributed by atoms with Crippen molar-refractivity contribution in [2.75, 3.05) is 39.6 Å². The molecule has 0 aromatic heterocycles. The Morgan fingerprint density at radius 1 is 1.18 bits per heavy atom. The Hall–Kier alpha value is -3.12. The molecule has 0 bridgehead atoms. The van der Waals surface area contributed by atoms with E-state index < -0.39 is 23.7 Å². The van der Waals surface area contributed by atoms with E-state index in [-0.39, 0.29) is 5.92 Å². The molecular weight excluding hydrogens is 599 g/mol. The Morgan fingerprint density at radius 3 is 2.23 bits per heavy atom. The molecule has 0 amide bonds. The number of likely N-dealkylation sites (tertiary alicyclic amines) is 1. The van der Waals surface area contributed by atoms with Crippen molar-refractivity contribution in [2.24, 2.45) is 5.90 Å². The van der Waals surface area contributed by atoms with Crippen LogP contribution in [0.25, 0.3) is 0 Å². The molecule has 0 spiro atoms. The number of aromatic carboxylic acids is 1. The number of rotatable bonds is 13. The molecule has 1 aromatic rings. The lowest BCUT2D eigenvalue weighted by Gasteiger charge is -2.33. The lowest BCUT2D eigenvalue weighted by molar-refractivity contribution is -0.192. The van der Waals surface area contributed by atoms with Gasteiger partial charge in [-0.1, -0.05) is 57.4 Å². The highest BCUT2D eigenvalue weighted by Gasteiger charge is 2.38. The van der Waals surface area contributed by atoms with Gasteiger partial charge < -0.3 is 15.1 Å². The minimum atomic E-state index is -5.08. The second kappa shape index (κ2) is 20.8. The van der Waals surface area contributed by atoms with Gasteiger partial charge in [-0.15, -0.1) is 11.6 Å². The van der Waals surface area contributed by atoms with E-state index in [4.69, 9.17) is 25.7 Å². The highest BCUT2D eigenvalue weighted by atomic mass is 35.5. The van der Waals surface area contributed by atoms with Gasteiger partial charge in [0.05, 0.1) is 11.2 Å². The first-order chi connectivity index (χ1) is 20.7. The van der Waals surface area contributed by atoms with Crippen LogP contribution < -0.4 is 5.90 Å². The summed E-state index contributed by atoms with van der Waals surface area (Å²) in [5, 5.41) is 16.3. The van der Waals surface area contributed by atoms with Crippen LogP contribution in [0, 0.1) is 0 Å². The number of nitrogens with zero attached hydrogens (tertiary/aromatic N) is 2. The molecule has 1 aliphatic rings. The van der Waals surface area contributed by atoms with Gasteiger partial charge in [-0.2, -0.15) is 13.2 Å². The third-order valence-corrected chi connectivity index (χ3v) is 7.12. The van der Waals surface area contributed by atoms with Gasteiger partial charge in [0.25, 0.3) is 0 Å². The summed E-state index contributed by atoms with van der Waals surface area (Å²) in [5.41, 5.74) is 3.31. The molecule has 12 heteroatoms. The Labute approximate surface area is 264 Å². The van der Waals surface area contributed by atoms with Gasteiger partial charge in [0.1, 0.15) is 0 Å². The van der Waals surface area contributed by atoms with E-state index in [2.05, 4.69) is 61.7 Å². The normalized spacial score (nSPS) is 18.4. The summed E-state index contributed by atoms with van der Waals surface area (Å²) in [5.74, 6) is 2.44. The Morgan fingerprint density at radius 2 is 1.77 bits per heavy atom. The third kappa shape index (κ3) is 14.6. The van der Waals surface area contributed by atoms with E-state index in [9.17, 15) is 18.0 Å². The number of carboxylic acids is 2. The van der Waals surface area contributed by atoms with Crippen LogP contribution in [0.2, 0.25) is 0 Å². The predicted molar refractivity (Wildman–Crippen MR) is 170 cm³/mol. The van der Waals surface area contributed by atoms with Crippen molar-refractivity contribution in [3.63, 3.8) is 0 Å². The van der Waals surface area contributed by atoms with Crippen LogP contribution in [-0.2, 0) is 9.63 Å². The zero-order valence-corrected chi connectivity index (χ0v) is 26.8. The minimum absolute atomic E-state index is 0.203. The maximum Gasteiger partial charge on any atom is 0.490 e. The second-order valence-corrected chi connectivity index (χ2v) is 10.5. The maximum atomic E-state index is 11.2. The first-order valence-electron chi connectivity index (χ1n) is 14.2. The number of aliphatic carboxylic acids is 1. The lowest BCUT2D eigenvalue weighted by atomic mass is 9.82. The standard InChI is InChI=1S/C29H43N3O3.C2HF3O2.CH3Cl/c1-6-10-24(8-3)27(21-31(5)17-7-2)22-32-18-9-15-29(35-30,16-19-32)20-23(4)25-11-13-26(14-12-25)28(33)34;3-2(4,5)1(6)7;1-2/h6,8,10-14,21,23H,1,3,7,9,15-20,22,30H2,2,4-5H3,(H,33,34);(H,6,7);1H3/b24-10+,27-21-;;. The number of benzene rings is 1. The average Bonchev–Trinajstić information content (AvgIpc) is 3.18. The van der Waals surface area contributed by atoms with Gasteiger partial charge in [-0.25, -0.2) is 15.5 Å². The Bertz CT molecular complexity index is 1110. The monoisotopic (exact) mass is 645 g/mol. The maximum absolute atomic E-state index is 11.2. The number of hydrogen-bond donors (Lipinski definition) is 3. The number of hydrogen-bond acceptors (Lipinski definition) is 6. The first kappa shape index (κ1) is 40.9. The molecule has 4 N–H and O–H groups in total. The van der Waals surface area contributed by atoms with Crippen LogP contribution in [0.4, 0.5) is 13.2 Å². The third-order valence-electron chi connectivity index (χ3n) is 7.12. The average molecular weight is 646 g/mol. The molecule has 2 atom stereocenters. The summed E-state index contributed by atoms with van der Waals surface area (Å²) in [6.45, 7) is 15.9. The summed E-state index contributed by atoms with van der Waals surface area (Å²) in [4.78, 5) is 30.5. The molecule has 1 saturated heterocycles. The minimum Gasteiger partial charge on any atom is -0.478 e. The molecule has 0 aliphatic carbocycles. The number of nitrogens with two attached hydrogens (primary N) is 1. The topological polar surface area (TPSA) is 116 Å². The molecule has 0 radical (unpaired) electrons. The zero-order chi connectivity index (χ0) is 33.9. The summed E-state index contributed by atoms with van der Waals surface area (Å²) in [6, 6.07) is 7.12. The fourth-order valence-corrected chi connectivity index (χ4v) is 4.95. The van der Waals surface area contributed by atoms with Gasteiger partial charge in [0, 0.05) is 39.3 Å². The highest BCUT2D eigenvalue weighted by Crippen LogP contribution is 2.36. The van der Waals surface area contributed by atoms with Crippen molar-refractivity contribution in [3.8, 4) is 0 Å². The molecule has 248 valence electrons. The van der Waals surface area contributed by atoms with Crippen molar-refractivity contribution in [1.82, 2.24) is 9.80 Å². The number of alkyl halides is 4. The summed E-state index contributed by atoms with van der Waals surface area (Å²) in [6.07, 6.45) is 8.94. The summed E-state index contributed by atoms with van der Waals surface area (Å²) in [7, 11) is 2.11. The van der Waals surface area contributed by atoms with Gasteiger partial charge in [-0.05, 0) is 73.4 Å². The fourth-order valence-electron chi connectivity index (χ4n) is 4.95. The van der Waals surface area contributed by atoms with Crippen molar-refractivity contribution in [3.05, 3.63) is 84.1 Å². The fraction of sp³-hybridized carbons (Fsp3) is 0.500. The van der Waals surface area contributed by atoms with E-state index in [0.717, 1.165) is 69.4 Å². The van der Waals surface area contributed by atoms with Crippen molar-refractivity contribution in [1.29, 1.82) is 0 Å². The lowest BCUT2D eigenvalue weighted by Crippen LogP contribution is -2.38. The van der Waals surface area contributed by atoms with E-state index in [1.54, 1.807) is 12.1 Å². The molecule has 1 aliphatic heterocycles. The largest absolute Gasteiger partial charge is 0.490 e. The van der Waals surface area contributed by atoms with Crippen LogP contribution in [0.15, 0.2) is 73.0 Å². The number of halogens is 4. The molecule has 2 unspecified atom stereocenters. The molecule has 44 heavy (non-hydrogen) atoms. The van der Waals surface area contributed by atoms with E-state index in [1.165, 1.54) is 12.0 Å². The zero-order valence-electron chi connectivity index (χ0n) is 26.1. The van der Waals surface area contributed by atoms with E-state index in [0.29, 0.717) is 5.56 Å². The SMILES string of the molecule is C=C/C=C(C=C)/C(=C\N(C)CCC)CN1CCCC(CC(C)c2ccc(C(=O)O)cc2)(ON)CC1.CCl.O=C(O)C(F)(F)F. The molecule has 1 heterocycles. The Balaban J connectivity index is 0.00000180. The Kier molecular flexibility index (Phi) is 19.3. The number of allylic oxidation sites excluding steroid dienone is 3. The van der Waals surface area contributed by atoms with Crippen LogP contribution in [0.3, 0.4) is 0 Å². The molecule has 1 fully saturated rings. The van der Waals surface area contributed by atoms with Crippen molar-refractivity contribution in [2.45, 2.75) is 63.6 Å². The molecule has 0 saturated carbocycles. The van der Waals surface area contributed by atoms with Gasteiger partial charge in [0.15, 0.2) is 0 Å². The van der Waals surface area contributed by atoms with Crippen molar-refractivity contribution < 1.29 is 37.8 Å². The molecular formula is C32H47ClF3N3O5. The predicted octanol–water partition coefficient (Wildman–Crippen LogP) is 7.01. The second-order valence-electron chi connectivity index (χ2n) is 10.5. The highest BCUT2D eigenvalue weighted by molar-refractivity contribution is 6.15. The van der Waals surface area contributed by atoms with Crippen LogP contribution in [0.1, 0.15) is 67.8 Å². The molecule has 2 rings (SSSR count). The van der Waals surface area contributed by atoms with E-state index in [1.807, 2.05) is 30.4 Å². The van der Waals surface area contributed by atoms with Crippen LogP contribution in [0.5, 0.6) is 0 Å². The van der Waals surface area contributed by atoms with E-state index >= 15 is 0 Å². The smallest absolute Gasteiger partial charge is 0.478 e. The number of carbonyl (C=O) groups is 2. The molecule has 8 nitrogen and oxygen atoms in total. The van der Waals surface area contributed by atoms with Crippen molar-refractivity contribution >= 4 is 23.5 Å². The van der Waals surface area contributed by atoms with Crippen LogP contribution >= 0.6 is 11.6 Å². The van der Waals surface area contributed by atoms with Gasteiger partial charge in [0.2, 0.25) is 0 Å². The number of carboxylic acid groups (broad SMARTS) is 2. The summed E-state index contributed by atoms with van der Waals surface area (Å²) >= 11 is 4.64. The molecule has 1 aromatic carbocycles. The summed E-state index contributed by atoms with van der Waals surface area (Å²) < 4.78 is 31.7. The van der Waals surface area contributed by atoms with Gasteiger partial charge in [-0.3, -0.25) is 9.74 Å². The van der Waals surface area contributed by atoms with Gasteiger partial charge >= 0.3 is 18.1 Å². The van der Waals surface area contributed by atoms with Crippen LogP contribution in [-0.4, -0.2) is 83.3 Å². The first-order valence-corrected chi connectivity index (χ1v) is 14.9.